The Kier molecular flexibility index (Phi) is 2.08. The summed E-state index contributed by atoms with van der Waals surface area (Å²) in [6.45, 7) is 0. The van der Waals surface area contributed by atoms with Gasteiger partial charge in [-0.05, 0) is 24.3 Å². The third-order valence-electron chi connectivity index (χ3n) is 1.94. The highest BCUT2D eigenvalue weighted by molar-refractivity contribution is 7.99. The Labute approximate surface area is 70.4 Å². The Bertz CT molecular complexity index is 219. The highest BCUT2D eigenvalue weighted by atomic mass is 32.2. The van der Waals surface area contributed by atoms with Crippen LogP contribution in [-0.4, -0.2) is 21.7 Å². The third-order valence-corrected chi connectivity index (χ3v) is 3.10. The molecule has 1 saturated heterocycles. The van der Waals surface area contributed by atoms with Crippen LogP contribution in [-0.2, 0) is 0 Å². The van der Waals surface area contributed by atoms with Crippen LogP contribution in [0, 0.1) is 0 Å². The lowest BCUT2D eigenvalue weighted by atomic mass is 10.1. The second-order valence-corrected chi connectivity index (χ2v) is 3.86. The molecule has 1 aliphatic heterocycles. The summed E-state index contributed by atoms with van der Waals surface area (Å²) in [6, 6.07) is 4.04. The van der Waals surface area contributed by atoms with Crippen LogP contribution in [0.15, 0.2) is 18.3 Å². The predicted molar refractivity (Wildman–Crippen MR) is 46.7 cm³/mol. The van der Waals surface area contributed by atoms with Crippen LogP contribution < -0.4 is 0 Å². The molecule has 0 amide bonds. The molecule has 1 fully saturated rings. The van der Waals surface area contributed by atoms with Crippen molar-refractivity contribution in [2.45, 2.75) is 12.3 Å². The summed E-state index contributed by atoms with van der Waals surface area (Å²) in [5.74, 6) is 3.16. The standard InChI is InChI=1S/C8H10N2S/c1-2-8(10-9-4-1)7-3-5-11-6-7/h1-2,4,7H,3,5-6H2. The molecule has 2 heterocycles. The molecule has 0 aliphatic carbocycles. The lowest BCUT2D eigenvalue weighted by Gasteiger charge is -2.03. The van der Waals surface area contributed by atoms with E-state index >= 15 is 0 Å². The van der Waals surface area contributed by atoms with Crippen LogP contribution >= 0.6 is 11.8 Å². The molecule has 1 aromatic heterocycles. The first-order chi connectivity index (χ1) is 5.47. The summed E-state index contributed by atoms with van der Waals surface area (Å²) in [6.07, 6.45) is 2.99. The average Bonchev–Trinajstić information content (AvgIpc) is 2.58. The van der Waals surface area contributed by atoms with Crippen molar-refractivity contribution in [1.29, 1.82) is 0 Å². The summed E-state index contributed by atoms with van der Waals surface area (Å²) < 4.78 is 0. The molecule has 0 aromatic carbocycles. The SMILES string of the molecule is c1cnnc(C2CCSC2)c1. The zero-order valence-corrected chi connectivity index (χ0v) is 7.05. The summed E-state index contributed by atoms with van der Waals surface area (Å²) in [4.78, 5) is 0. The molecule has 11 heavy (non-hydrogen) atoms. The molecule has 0 radical (unpaired) electrons. The van der Waals surface area contributed by atoms with Gasteiger partial charge in [0.2, 0.25) is 0 Å². The molecule has 58 valence electrons. The fraction of sp³-hybridized carbons (Fsp3) is 0.500. The molecule has 2 nitrogen and oxygen atoms in total. The topological polar surface area (TPSA) is 25.8 Å². The van der Waals surface area contributed by atoms with Crippen LogP contribution in [0.25, 0.3) is 0 Å². The molecule has 2 rings (SSSR count). The number of aromatic nitrogens is 2. The van der Waals surface area contributed by atoms with E-state index in [9.17, 15) is 0 Å². The number of hydrogen-bond donors (Lipinski definition) is 0. The van der Waals surface area contributed by atoms with E-state index in [2.05, 4.69) is 16.3 Å². The largest absolute Gasteiger partial charge is 0.161 e. The van der Waals surface area contributed by atoms with Crippen LogP contribution in [0.4, 0.5) is 0 Å². The van der Waals surface area contributed by atoms with Crippen molar-refractivity contribution in [2.75, 3.05) is 11.5 Å². The van der Waals surface area contributed by atoms with E-state index in [1.54, 1.807) is 6.20 Å². The van der Waals surface area contributed by atoms with Gasteiger partial charge in [0, 0.05) is 17.9 Å². The van der Waals surface area contributed by atoms with Crippen molar-refractivity contribution in [3.05, 3.63) is 24.0 Å². The zero-order chi connectivity index (χ0) is 7.52. The minimum atomic E-state index is 0.661. The van der Waals surface area contributed by atoms with E-state index in [0.29, 0.717) is 5.92 Å². The number of rotatable bonds is 1. The number of thioether (sulfide) groups is 1. The van der Waals surface area contributed by atoms with Gasteiger partial charge >= 0.3 is 0 Å². The highest BCUT2D eigenvalue weighted by Gasteiger charge is 2.18. The van der Waals surface area contributed by atoms with Gasteiger partial charge in [-0.3, -0.25) is 0 Å². The third kappa shape index (κ3) is 1.53. The minimum Gasteiger partial charge on any atom is -0.161 e. The van der Waals surface area contributed by atoms with E-state index in [1.807, 2.05) is 17.8 Å². The fourth-order valence-electron chi connectivity index (χ4n) is 1.30. The van der Waals surface area contributed by atoms with Gasteiger partial charge in [0.1, 0.15) is 0 Å². The Morgan fingerprint density at radius 2 is 2.55 bits per heavy atom. The summed E-state index contributed by atoms with van der Waals surface area (Å²) in [5.41, 5.74) is 1.16. The van der Waals surface area contributed by atoms with Gasteiger partial charge in [0.15, 0.2) is 0 Å². The van der Waals surface area contributed by atoms with Crippen LogP contribution in [0.3, 0.4) is 0 Å². The number of hydrogen-bond acceptors (Lipinski definition) is 3. The molecule has 1 atom stereocenters. The number of nitrogens with zero attached hydrogens (tertiary/aromatic N) is 2. The molecular weight excluding hydrogens is 156 g/mol. The lowest BCUT2D eigenvalue weighted by molar-refractivity contribution is 0.729. The summed E-state index contributed by atoms with van der Waals surface area (Å²) in [5, 5.41) is 7.97. The summed E-state index contributed by atoms with van der Waals surface area (Å²) >= 11 is 2.01. The second kappa shape index (κ2) is 3.22. The van der Waals surface area contributed by atoms with E-state index in [0.717, 1.165) is 5.69 Å². The Morgan fingerprint density at radius 3 is 3.18 bits per heavy atom. The lowest BCUT2D eigenvalue weighted by Crippen LogP contribution is -1.99. The van der Waals surface area contributed by atoms with Gasteiger partial charge in [-0.1, -0.05) is 0 Å². The first kappa shape index (κ1) is 7.10. The fourth-order valence-corrected chi connectivity index (χ4v) is 2.54. The maximum Gasteiger partial charge on any atom is 0.0670 e. The maximum absolute atomic E-state index is 4.10. The summed E-state index contributed by atoms with van der Waals surface area (Å²) in [7, 11) is 0. The highest BCUT2D eigenvalue weighted by Crippen LogP contribution is 2.30. The van der Waals surface area contributed by atoms with Crippen molar-refractivity contribution in [1.82, 2.24) is 10.2 Å². The van der Waals surface area contributed by atoms with Gasteiger partial charge < -0.3 is 0 Å². The molecule has 1 aliphatic rings. The van der Waals surface area contributed by atoms with Crippen molar-refractivity contribution >= 4 is 11.8 Å². The zero-order valence-electron chi connectivity index (χ0n) is 6.23. The monoisotopic (exact) mass is 166 g/mol. The quantitative estimate of drug-likeness (QED) is 0.635. The molecule has 0 spiro atoms. The van der Waals surface area contributed by atoms with Gasteiger partial charge in [0.05, 0.1) is 5.69 Å². The normalized spacial score (nSPS) is 23.8. The van der Waals surface area contributed by atoms with Gasteiger partial charge in [-0.15, -0.1) is 0 Å². The maximum atomic E-state index is 4.10. The molecule has 0 saturated carbocycles. The average molecular weight is 166 g/mol. The van der Waals surface area contributed by atoms with Crippen LogP contribution in [0.5, 0.6) is 0 Å². The van der Waals surface area contributed by atoms with Crippen molar-refractivity contribution in [3.63, 3.8) is 0 Å². The van der Waals surface area contributed by atoms with Crippen molar-refractivity contribution < 1.29 is 0 Å². The van der Waals surface area contributed by atoms with Crippen molar-refractivity contribution in [3.8, 4) is 0 Å². The van der Waals surface area contributed by atoms with Gasteiger partial charge in [-0.2, -0.15) is 22.0 Å². The smallest absolute Gasteiger partial charge is 0.0670 e. The van der Waals surface area contributed by atoms with Crippen LogP contribution in [0.1, 0.15) is 18.0 Å². The molecule has 1 unspecified atom stereocenters. The molecule has 0 N–H and O–H groups in total. The molecule has 1 aromatic rings. The Balaban J connectivity index is 2.16. The second-order valence-electron chi connectivity index (χ2n) is 2.71. The predicted octanol–water partition coefficient (Wildman–Crippen LogP) is 1.70. The van der Waals surface area contributed by atoms with E-state index in [-0.39, 0.29) is 0 Å². The van der Waals surface area contributed by atoms with Crippen molar-refractivity contribution in [2.24, 2.45) is 0 Å². The Hall–Kier alpha value is -0.570. The first-order valence-corrected chi connectivity index (χ1v) is 4.97. The van der Waals surface area contributed by atoms with E-state index < -0.39 is 0 Å². The Morgan fingerprint density at radius 1 is 1.55 bits per heavy atom. The van der Waals surface area contributed by atoms with Crippen LogP contribution in [0.2, 0.25) is 0 Å². The minimum absolute atomic E-state index is 0.661. The van der Waals surface area contributed by atoms with E-state index in [4.69, 9.17) is 0 Å². The molecular formula is C8H10N2S. The van der Waals surface area contributed by atoms with Gasteiger partial charge in [-0.25, -0.2) is 0 Å². The molecule has 0 bridgehead atoms. The van der Waals surface area contributed by atoms with Gasteiger partial charge in [0.25, 0.3) is 0 Å². The first-order valence-electron chi connectivity index (χ1n) is 3.82. The molecule has 3 heteroatoms. The van der Waals surface area contributed by atoms with E-state index in [1.165, 1.54) is 17.9 Å².